The van der Waals surface area contributed by atoms with Crippen LogP contribution < -0.4 is 10.9 Å². The molecule has 1 aliphatic heterocycles. The third kappa shape index (κ3) is 3.14. The lowest BCUT2D eigenvalue weighted by Crippen LogP contribution is -2.54. The Balaban J connectivity index is 1.92. The van der Waals surface area contributed by atoms with Crippen LogP contribution in [0.1, 0.15) is 43.7 Å². The largest absolute Gasteiger partial charge is 0.416 e. The highest BCUT2D eigenvalue weighted by Crippen LogP contribution is 2.42. The lowest BCUT2D eigenvalue weighted by molar-refractivity contribution is -0.137. The molecule has 0 aliphatic carbocycles. The molecule has 0 spiro atoms. The molecule has 0 saturated heterocycles. The fourth-order valence-electron chi connectivity index (χ4n) is 4.11. The Labute approximate surface area is 163 Å². The number of hydrogen-bond donors (Lipinski definition) is 2. The third-order valence-corrected chi connectivity index (χ3v) is 6.41. The van der Waals surface area contributed by atoms with E-state index in [2.05, 4.69) is 43.0 Å². The molecule has 3 aromatic rings. The van der Waals surface area contributed by atoms with Gasteiger partial charge in [0, 0.05) is 21.5 Å². The normalized spacial score (nSPS) is 18.2. The van der Waals surface area contributed by atoms with Crippen molar-refractivity contribution in [2.24, 2.45) is 0 Å². The van der Waals surface area contributed by atoms with Gasteiger partial charge in [0.15, 0.2) is 0 Å². The van der Waals surface area contributed by atoms with E-state index in [-0.39, 0.29) is 28.0 Å². The number of fused-ring (bicyclic) bond motifs is 3. The third-order valence-electron chi connectivity index (χ3n) is 4.96. The van der Waals surface area contributed by atoms with Crippen molar-refractivity contribution in [2.45, 2.75) is 51.4 Å². The van der Waals surface area contributed by atoms with E-state index < -0.39 is 11.7 Å². The van der Waals surface area contributed by atoms with Gasteiger partial charge in [-0.3, -0.25) is 4.79 Å². The van der Waals surface area contributed by atoms with Crippen LogP contribution >= 0.6 is 11.3 Å². The van der Waals surface area contributed by atoms with Gasteiger partial charge >= 0.3 is 6.18 Å². The van der Waals surface area contributed by atoms with E-state index in [9.17, 15) is 18.0 Å². The van der Waals surface area contributed by atoms with Gasteiger partial charge < -0.3 is 10.3 Å². The van der Waals surface area contributed by atoms with Gasteiger partial charge in [0.05, 0.1) is 10.9 Å². The van der Waals surface area contributed by atoms with Crippen LogP contribution in [-0.4, -0.2) is 15.5 Å². The zero-order valence-electron chi connectivity index (χ0n) is 15.9. The summed E-state index contributed by atoms with van der Waals surface area (Å²) in [7, 11) is 0. The van der Waals surface area contributed by atoms with Crippen molar-refractivity contribution in [1.29, 1.82) is 0 Å². The van der Waals surface area contributed by atoms with E-state index >= 15 is 0 Å². The second-order valence-corrected chi connectivity index (χ2v) is 9.39. The number of halogens is 3. The lowest BCUT2D eigenvalue weighted by Gasteiger charge is -2.42. The average molecular weight is 407 g/mol. The highest BCUT2D eigenvalue weighted by molar-refractivity contribution is 7.19. The number of rotatable bonds is 1. The minimum absolute atomic E-state index is 0.146. The number of benzene rings is 1. The van der Waals surface area contributed by atoms with E-state index in [1.54, 1.807) is 0 Å². The Morgan fingerprint density at radius 3 is 2.57 bits per heavy atom. The molecule has 1 aliphatic rings. The maximum absolute atomic E-state index is 13.0. The van der Waals surface area contributed by atoms with Crippen LogP contribution in [0.4, 0.5) is 13.2 Å². The Kier molecular flexibility index (Phi) is 4.04. The summed E-state index contributed by atoms with van der Waals surface area (Å²) >= 11 is 1.42. The number of nitrogens with one attached hydrogen (secondary N) is 2. The predicted molar refractivity (Wildman–Crippen MR) is 105 cm³/mol. The van der Waals surface area contributed by atoms with E-state index in [0.717, 1.165) is 22.6 Å². The quantitative estimate of drug-likeness (QED) is 0.608. The summed E-state index contributed by atoms with van der Waals surface area (Å²) in [6.45, 7) is 8.29. The number of aromatic nitrogens is 2. The number of hydrogen-bond acceptors (Lipinski definition) is 4. The Morgan fingerprint density at radius 2 is 1.89 bits per heavy atom. The van der Waals surface area contributed by atoms with Crippen LogP contribution in [0.5, 0.6) is 0 Å². The summed E-state index contributed by atoms with van der Waals surface area (Å²) in [6.07, 6.45) is -3.77. The monoisotopic (exact) mass is 407 g/mol. The molecule has 28 heavy (non-hydrogen) atoms. The zero-order valence-corrected chi connectivity index (χ0v) is 16.7. The molecule has 2 aromatic heterocycles. The van der Waals surface area contributed by atoms with Crippen molar-refractivity contribution in [3.8, 4) is 11.4 Å². The second-order valence-electron chi connectivity index (χ2n) is 8.39. The number of H-pyrrole nitrogens is 1. The minimum Gasteiger partial charge on any atom is -0.306 e. The molecular formula is C20H20F3N3OS. The molecule has 0 saturated carbocycles. The standard InChI is InChI=1S/C20H20F3N3OS/c1-18(2)9-12-13-16(27)24-15(10-6-5-7-11(8-10)20(21,22)23)25-17(13)28-14(12)19(3,4)26-18/h5-8,26H,9H2,1-4H3,(H,24,25,27). The summed E-state index contributed by atoms with van der Waals surface area (Å²) in [5.41, 5.74) is -0.397. The van der Waals surface area contributed by atoms with Crippen molar-refractivity contribution in [2.75, 3.05) is 0 Å². The fraction of sp³-hybridized carbons (Fsp3) is 0.400. The summed E-state index contributed by atoms with van der Waals surface area (Å²) in [4.78, 5) is 21.7. The molecule has 0 unspecified atom stereocenters. The van der Waals surface area contributed by atoms with Crippen LogP contribution in [0.25, 0.3) is 21.6 Å². The highest BCUT2D eigenvalue weighted by atomic mass is 32.1. The Bertz CT molecular complexity index is 1140. The number of alkyl halides is 3. The molecule has 0 fully saturated rings. The van der Waals surface area contributed by atoms with Crippen molar-refractivity contribution < 1.29 is 13.2 Å². The molecule has 0 amide bonds. The maximum atomic E-state index is 13.0. The van der Waals surface area contributed by atoms with Crippen molar-refractivity contribution in [3.05, 3.63) is 50.6 Å². The first-order valence-electron chi connectivity index (χ1n) is 8.91. The van der Waals surface area contributed by atoms with Crippen molar-refractivity contribution in [1.82, 2.24) is 15.3 Å². The van der Waals surface area contributed by atoms with Gasteiger partial charge in [0.25, 0.3) is 5.56 Å². The molecule has 3 heterocycles. The molecule has 0 atom stereocenters. The maximum Gasteiger partial charge on any atom is 0.416 e. The van der Waals surface area contributed by atoms with E-state index in [0.29, 0.717) is 16.6 Å². The Morgan fingerprint density at radius 1 is 1.18 bits per heavy atom. The summed E-state index contributed by atoms with van der Waals surface area (Å²) in [5.74, 6) is 0.146. The van der Waals surface area contributed by atoms with E-state index in [4.69, 9.17) is 0 Å². The van der Waals surface area contributed by atoms with Crippen LogP contribution in [0.3, 0.4) is 0 Å². The van der Waals surface area contributed by atoms with Crippen LogP contribution in [-0.2, 0) is 18.1 Å². The van der Waals surface area contributed by atoms with Crippen molar-refractivity contribution >= 4 is 21.6 Å². The summed E-state index contributed by atoms with van der Waals surface area (Å²) in [6, 6.07) is 4.84. The van der Waals surface area contributed by atoms with Gasteiger partial charge in [-0.15, -0.1) is 11.3 Å². The summed E-state index contributed by atoms with van der Waals surface area (Å²) < 4.78 is 39.1. The first-order valence-corrected chi connectivity index (χ1v) is 9.72. The van der Waals surface area contributed by atoms with Crippen LogP contribution in [0, 0.1) is 0 Å². The first-order chi connectivity index (χ1) is 12.9. The van der Waals surface area contributed by atoms with Gasteiger partial charge in [-0.05, 0) is 51.8 Å². The Hall–Kier alpha value is -2.19. The minimum atomic E-state index is -4.45. The highest BCUT2D eigenvalue weighted by Gasteiger charge is 2.40. The molecule has 8 heteroatoms. The predicted octanol–water partition coefficient (Wildman–Crippen LogP) is 4.83. The molecule has 4 rings (SSSR count). The molecule has 1 aromatic carbocycles. The average Bonchev–Trinajstić information content (AvgIpc) is 2.92. The smallest absolute Gasteiger partial charge is 0.306 e. The van der Waals surface area contributed by atoms with Gasteiger partial charge in [-0.25, -0.2) is 4.98 Å². The SMILES string of the molecule is CC1(C)Cc2c(sc3nc(-c4cccc(C(F)(F)F)c4)[nH]c(=O)c23)C(C)(C)N1. The van der Waals surface area contributed by atoms with Crippen LogP contribution in [0.15, 0.2) is 29.1 Å². The van der Waals surface area contributed by atoms with Gasteiger partial charge in [0.2, 0.25) is 0 Å². The van der Waals surface area contributed by atoms with Crippen LogP contribution in [0.2, 0.25) is 0 Å². The van der Waals surface area contributed by atoms with Crippen molar-refractivity contribution in [3.63, 3.8) is 0 Å². The molecule has 0 radical (unpaired) electrons. The molecule has 2 N–H and O–H groups in total. The molecular weight excluding hydrogens is 387 g/mol. The second kappa shape index (κ2) is 5.90. The molecule has 0 bridgehead atoms. The molecule has 148 valence electrons. The lowest BCUT2D eigenvalue weighted by atomic mass is 9.82. The van der Waals surface area contributed by atoms with Gasteiger partial charge in [-0.1, -0.05) is 12.1 Å². The van der Waals surface area contributed by atoms with E-state index in [1.807, 2.05) is 0 Å². The first kappa shape index (κ1) is 19.1. The number of aromatic amines is 1. The van der Waals surface area contributed by atoms with Gasteiger partial charge in [-0.2, -0.15) is 13.2 Å². The number of thiophene rings is 1. The molecule has 4 nitrogen and oxygen atoms in total. The topological polar surface area (TPSA) is 57.8 Å². The van der Waals surface area contributed by atoms with Gasteiger partial charge in [0.1, 0.15) is 10.7 Å². The number of nitrogens with zero attached hydrogens (tertiary/aromatic N) is 1. The fourth-order valence-corrected chi connectivity index (χ4v) is 5.36. The summed E-state index contributed by atoms with van der Waals surface area (Å²) in [5, 5.41) is 4.12. The zero-order chi connectivity index (χ0) is 20.5. The van der Waals surface area contributed by atoms with E-state index in [1.165, 1.54) is 23.5 Å².